The quantitative estimate of drug-likeness (QED) is 0.794. The Kier molecular flexibility index (Phi) is 3.51. The van der Waals surface area contributed by atoms with E-state index in [0.717, 1.165) is 11.3 Å². The summed E-state index contributed by atoms with van der Waals surface area (Å²) in [6, 6.07) is 10.7. The Morgan fingerprint density at radius 1 is 1.14 bits per heavy atom. The van der Waals surface area contributed by atoms with Crippen LogP contribution in [0.15, 0.2) is 51.5 Å². The number of amides is 1. The fraction of sp³-hybridized carbons (Fsp3) is 0.133. The number of nitrogens with zero attached hydrogens (tertiary/aromatic N) is 2. The number of anilines is 1. The third kappa shape index (κ3) is 2.84. The van der Waals surface area contributed by atoms with Gasteiger partial charge in [-0.3, -0.25) is 4.79 Å². The highest BCUT2D eigenvalue weighted by atomic mass is 16.4. The summed E-state index contributed by atoms with van der Waals surface area (Å²) in [5, 5.41) is 10.7. The Balaban J connectivity index is 1.80. The summed E-state index contributed by atoms with van der Waals surface area (Å²) in [6.45, 7) is 1.80. The molecule has 0 bridgehead atoms. The molecule has 3 aromatic rings. The third-order valence-corrected chi connectivity index (χ3v) is 2.89. The number of furan rings is 1. The lowest BCUT2D eigenvalue weighted by atomic mass is 10.2. The molecular formula is C15H13N3O3. The van der Waals surface area contributed by atoms with Gasteiger partial charge in [-0.1, -0.05) is 6.92 Å². The molecule has 0 spiro atoms. The summed E-state index contributed by atoms with van der Waals surface area (Å²) in [5.41, 5.74) is 1.51. The lowest BCUT2D eigenvalue weighted by Crippen LogP contribution is -2.08. The summed E-state index contributed by atoms with van der Waals surface area (Å²) in [7, 11) is 0. The zero-order chi connectivity index (χ0) is 14.7. The molecule has 2 aromatic heterocycles. The number of rotatable bonds is 4. The van der Waals surface area contributed by atoms with Crippen molar-refractivity contribution in [1.29, 1.82) is 0 Å². The summed E-state index contributed by atoms with van der Waals surface area (Å²) in [4.78, 5) is 11.3. The molecule has 3 rings (SSSR count). The highest BCUT2D eigenvalue weighted by molar-refractivity contribution is 5.90. The molecule has 106 valence electrons. The number of hydrogen-bond donors (Lipinski definition) is 1. The molecule has 0 atom stereocenters. The Morgan fingerprint density at radius 2 is 1.90 bits per heavy atom. The standard InChI is InChI=1S/C15H13N3O3/c1-2-13(19)16-11-7-5-10(6-8-11)14-17-18-15(21-14)12-4-3-9-20-12/h3-9H,2H2,1H3,(H,16,19). The first kappa shape index (κ1) is 13.1. The van der Waals surface area contributed by atoms with Crippen LogP contribution in [-0.4, -0.2) is 16.1 Å². The smallest absolute Gasteiger partial charge is 0.283 e. The van der Waals surface area contributed by atoms with Gasteiger partial charge < -0.3 is 14.2 Å². The van der Waals surface area contributed by atoms with Gasteiger partial charge in [0.15, 0.2) is 5.76 Å². The average molecular weight is 283 g/mol. The van der Waals surface area contributed by atoms with Crippen LogP contribution < -0.4 is 5.32 Å². The van der Waals surface area contributed by atoms with Gasteiger partial charge in [0.1, 0.15) is 0 Å². The molecule has 0 saturated carbocycles. The lowest BCUT2D eigenvalue weighted by Gasteiger charge is -2.03. The minimum atomic E-state index is -0.0272. The number of aromatic nitrogens is 2. The van der Waals surface area contributed by atoms with E-state index in [4.69, 9.17) is 8.83 Å². The van der Waals surface area contributed by atoms with Crippen LogP contribution in [0.4, 0.5) is 5.69 Å². The van der Waals surface area contributed by atoms with E-state index in [-0.39, 0.29) is 5.91 Å². The normalized spacial score (nSPS) is 10.5. The van der Waals surface area contributed by atoms with E-state index in [1.165, 1.54) is 0 Å². The summed E-state index contributed by atoms with van der Waals surface area (Å²) in [6.07, 6.45) is 1.99. The van der Waals surface area contributed by atoms with Crippen molar-refractivity contribution in [2.45, 2.75) is 13.3 Å². The molecule has 2 heterocycles. The van der Waals surface area contributed by atoms with Crippen LogP contribution >= 0.6 is 0 Å². The van der Waals surface area contributed by atoms with Gasteiger partial charge in [0, 0.05) is 17.7 Å². The van der Waals surface area contributed by atoms with Gasteiger partial charge in [-0.15, -0.1) is 10.2 Å². The van der Waals surface area contributed by atoms with Crippen LogP contribution in [0.2, 0.25) is 0 Å². The molecule has 1 aromatic carbocycles. The second kappa shape index (κ2) is 5.62. The molecule has 0 radical (unpaired) electrons. The van der Waals surface area contributed by atoms with Gasteiger partial charge >= 0.3 is 0 Å². The maximum Gasteiger partial charge on any atom is 0.283 e. The molecule has 1 amide bonds. The molecule has 6 nitrogen and oxygen atoms in total. The van der Waals surface area contributed by atoms with E-state index >= 15 is 0 Å². The zero-order valence-electron chi connectivity index (χ0n) is 11.4. The van der Waals surface area contributed by atoms with Gasteiger partial charge in [-0.05, 0) is 36.4 Å². The van der Waals surface area contributed by atoms with E-state index in [9.17, 15) is 4.79 Å². The van der Waals surface area contributed by atoms with E-state index in [2.05, 4.69) is 15.5 Å². The fourth-order valence-electron chi connectivity index (χ4n) is 1.79. The molecule has 0 aliphatic heterocycles. The van der Waals surface area contributed by atoms with Gasteiger partial charge in [0.2, 0.25) is 11.8 Å². The highest BCUT2D eigenvalue weighted by Crippen LogP contribution is 2.25. The fourth-order valence-corrected chi connectivity index (χ4v) is 1.79. The SMILES string of the molecule is CCC(=O)Nc1ccc(-c2nnc(-c3ccco3)o2)cc1. The predicted octanol–water partition coefficient (Wildman–Crippen LogP) is 3.35. The number of carbonyl (C=O) groups excluding carboxylic acids is 1. The molecule has 1 N–H and O–H groups in total. The number of benzene rings is 1. The van der Waals surface area contributed by atoms with E-state index < -0.39 is 0 Å². The Hall–Kier alpha value is -2.89. The van der Waals surface area contributed by atoms with E-state index in [1.807, 2.05) is 12.1 Å². The first-order valence-corrected chi connectivity index (χ1v) is 6.54. The molecule has 0 aliphatic rings. The van der Waals surface area contributed by atoms with Crippen molar-refractivity contribution >= 4 is 11.6 Å². The third-order valence-electron chi connectivity index (χ3n) is 2.89. The first-order chi connectivity index (χ1) is 10.3. The average Bonchev–Trinajstić information content (AvgIpc) is 3.19. The van der Waals surface area contributed by atoms with Crippen molar-refractivity contribution in [2.24, 2.45) is 0 Å². The Morgan fingerprint density at radius 3 is 2.57 bits per heavy atom. The monoisotopic (exact) mass is 283 g/mol. The van der Waals surface area contributed by atoms with Gasteiger partial charge in [0.05, 0.1) is 6.26 Å². The molecule has 6 heteroatoms. The minimum absolute atomic E-state index is 0.0272. The van der Waals surface area contributed by atoms with Crippen LogP contribution in [0.1, 0.15) is 13.3 Å². The molecule has 21 heavy (non-hydrogen) atoms. The molecular weight excluding hydrogens is 270 g/mol. The second-order valence-electron chi connectivity index (χ2n) is 4.37. The van der Waals surface area contributed by atoms with Crippen molar-refractivity contribution in [3.05, 3.63) is 42.7 Å². The Bertz CT molecular complexity index is 730. The zero-order valence-corrected chi connectivity index (χ0v) is 11.4. The Labute approximate surface area is 120 Å². The topological polar surface area (TPSA) is 81.2 Å². The van der Waals surface area contributed by atoms with Crippen molar-refractivity contribution in [3.63, 3.8) is 0 Å². The maximum atomic E-state index is 11.3. The van der Waals surface area contributed by atoms with Gasteiger partial charge in [0.25, 0.3) is 5.89 Å². The maximum absolute atomic E-state index is 11.3. The van der Waals surface area contributed by atoms with Crippen molar-refractivity contribution < 1.29 is 13.6 Å². The minimum Gasteiger partial charge on any atom is -0.459 e. The van der Waals surface area contributed by atoms with Gasteiger partial charge in [-0.25, -0.2) is 0 Å². The summed E-state index contributed by atoms with van der Waals surface area (Å²) >= 11 is 0. The van der Waals surface area contributed by atoms with E-state index in [0.29, 0.717) is 24.0 Å². The molecule has 0 aliphatic carbocycles. The molecule has 0 saturated heterocycles. The second-order valence-corrected chi connectivity index (χ2v) is 4.37. The summed E-state index contributed by atoms with van der Waals surface area (Å²) in [5.74, 6) is 1.23. The van der Waals surface area contributed by atoms with Crippen LogP contribution in [0.25, 0.3) is 23.1 Å². The highest BCUT2D eigenvalue weighted by Gasteiger charge is 2.12. The largest absolute Gasteiger partial charge is 0.459 e. The lowest BCUT2D eigenvalue weighted by molar-refractivity contribution is -0.115. The number of nitrogens with one attached hydrogen (secondary N) is 1. The van der Waals surface area contributed by atoms with Crippen LogP contribution in [0, 0.1) is 0 Å². The van der Waals surface area contributed by atoms with Crippen molar-refractivity contribution in [2.75, 3.05) is 5.32 Å². The number of carbonyl (C=O) groups is 1. The summed E-state index contributed by atoms with van der Waals surface area (Å²) < 4.78 is 10.8. The van der Waals surface area contributed by atoms with Crippen molar-refractivity contribution in [3.8, 4) is 23.1 Å². The molecule has 0 unspecified atom stereocenters. The van der Waals surface area contributed by atoms with E-state index in [1.54, 1.807) is 37.5 Å². The predicted molar refractivity (Wildman–Crippen MR) is 76.4 cm³/mol. The van der Waals surface area contributed by atoms with Crippen molar-refractivity contribution in [1.82, 2.24) is 10.2 Å². The van der Waals surface area contributed by atoms with Gasteiger partial charge in [-0.2, -0.15) is 0 Å². The molecule has 0 fully saturated rings. The number of hydrogen-bond acceptors (Lipinski definition) is 5. The van der Waals surface area contributed by atoms with Crippen LogP contribution in [-0.2, 0) is 4.79 Å². The first-order valence-electron chi connectivity index (χ1n) is 6.54. The van der Waals surface area contributed by atoms with Crippen LogP contribution in [0.5, 0.6) is 0 Å². The van der Waals surface area contributed by atoms with Crippen LogP contribution in [0.3, 0.4) is 0 Å².